The van der Waals surface area contributed by atoms with Crippen LogP contribution in [0.15, 0.2) is 59.8 Å². The van der Waals surface area contributed by atoms with E-state index in [1.807, 2.05) is 60.1 Å². The van der Waals surface area contributed by atoms with Crippen LogP contribution in [0.5, 0.6) is 5.75 Å². The average molecular weight is 499 g/mol. The number of Topliss-reactive ketones (excluding diaryl/α,β-unsaturated/α-hetero) is 1. The third kappa shape index (κ3) is 3.97. The molecule has 0 aliphatic heterocycles. The van der Waals surface area contributed by atoms with Crippen molar-refractivity contribution in [3.8, 4) is 11.4 Å². The van der Waals surface area contributed by atoms with Crippen LogP contribution in [0.2, 0.25) is 0 Å². The van der Waals surface area contributed by atoms with Crippen LogP contribution < -0.4 is 4.74 Å². The molecule has 3 aromatic heterocycles. The third-order valence-electron chi connectivity index (χ3n) is 5.58. The zero-order valence-corrected chi connectivity index (χ0v) is 20.2. The number of ether oxygens (including phenoxy) is 1. The van der Waals surface area contributed by atoms with Gasteiger partial charge in [0.25, 0.3) is 0 Å². The smallest absolute Gasteiger partial charge is 0.387 e. The van der Waals surface area contributed by atoms with Crippen molar-refractivity contribution in [1.82, 2.24) is 19.2 Å². The van der Waals surface area contributed by atoms with Gasteiger partial charge in [0.05, 0.1) is 15.5 Å². The minimum absolute atomic E-state index is 0.0155. The summed E-state index contributed by atoms with van der Waals surface area (Å²) in [6.07, 6.45) is 0. The topological polar surface area (TPSA) is 61.4 Å². The Balaban J connectivity index is 1.41. The number of carbonyl (C=O) groups excluding carboxylic acids is 1. The standard InChI is InChI=1S/C24H20F2N4O2S2/c1-13-12-18(14(2)29(13)16-8-10-17(11-9-16)32-22(25)26)21(31)15(3)33-23-27-28-24-30(23)19-6-4-5-7-20(19)34-24/h4-12,15,22H,1-3H3/t15-/m1/s1. The van der Waals surface area contributed by atoms with E-state index >= 15 is 0 Å². The number of halogens is 2. The number of nitrogens with zero attached hydrogens (tertiary/aromatic N) is 4. The molecule has 5 aromatic rings. The molecule has 174 valence electrons. The Hall–Kier alpha value is -3.24. The number of rotatable bonds is 7. The first-order chi connectivity index (χ1) is 16.3. The van der Waals surface area contributed by atoms with Gasteiger partial charge in [0.1, 0.15) is 5.75 Å². The highest BCUT2D eigenvalue weighted by atomic mass is 32.2. The highest BCUT2D eigenvalue weighted by Crippen LogP contribution is 2.33. The van der Waals surface area contributed by atoms with Gasteiger partial charge in [0.2, 0.25) is 4.96 Å². The molecular formula is C24H20F2N4O2S2. The van der Waals surface area contributed by atoms with Gasteiger partial charge < -0.3 is 9.30 Å². The summed E-state index contributed by atoms with van der Waals surface area (Å²) in [5, 5.41) is 8.88. The second-order valence-electron chi connectivity index (χ2n) is 7.79. The van der Waals surface area contributed by atoms with E-state index in [9.17, 15) is 13.6 Å². The van der Waals surface area contributed by atoms with Crippen molar-refractivity contribution >= 4 is 44.1 Å². The van der Waals surface area contributed by atoms with Gasteiger partial charge >= 0.3 is 6.61 Å². The molecule has 6 nitrogen and oxygen atoms in total. The Bertz CT molecular complexity index is 1510. The molecule has 3 heterocycles. The number of para-hydroxylation sites is 1. The highest BCUT2D eigenvalue weighted by molar-refractivity contribution is 8.00. The van der Waals surface area contributed by atoms with E-state index in [0.29, 0.717) is 10.7 Å². The summed E-state index contributed by atoms with van der Waals surface area (Å²) in [6.45, 7) is 2.78. The number of ketones is 1. The van der Waals surface area contributed by atoms with Crippen molar-refractivity contribution in [1.29, 1.82) is 0 Å². The van der Waals surface area contributed by atoms with Gasteiger partial charge in [0.15, 0.2) is 10.9 Å². The molecule has 0 radical (unpaired) electrons. The molecule has 5 rings (SSSR count). The molecule has 0 saturated carbocycles. The number of carbonyl (C=O) groups is 1. The van der Waals surface area contributed by atoms with E-state index in [2.05, 4.69) is 14.9 Å². The monoisotopic (exact) mass is 498 g/mol. The number of thiazole rings is 1. The van der Waals surface area contributed by atoms with E-state index < -0.39 is 6.61 Å². The van der Waals surface area contributed by atoms with Crippen molar-refractivity contribution in [3.05, 3.63) is 71.5 Å². The molecule has 0 aliphatic carbocycles. The second kappa shape index (κ2) is 8.84. The quantitative estimate of drug-likeness (QED) is 0.194. The van der Waals surface area contributed by atoms with Gasteiger partial charge in [-0.05, 0) is 63.2 Å². The van der Waals surface area contributed by atoms with Crippen LogP contribution in [0.25, 0.3) is 20.9 Å². The van der Waals surface area contributed by atoms with E-state index in [1.54, 1.807) is 23.5 Å². The normalized spacial score (nSPS) is 12.6. The Morgan fingerprint density at radius 3 is 2.56 bits per heavy atom. The van der Waals surface area contributed by atoms with Crippen molar-refractivity contribution < 1.29 is 18.3 Å². The Labute approximate surface area is 202 Å². The summed E-state index contributed by atoms with van der Waals surface area (Å²) >= 11 is 2.94. The molecule has 0 unspecified atom stereocenters. The maximum atomic E-state index is 13.4. The predicted molar refractivity (Wildman–Crippen MR) is 130 cm³/mol. The minimum Gasteiger partial charge on any atom is -0.435 e. The fourth-order valence-electron chi connectivity index (χ4n) is 4.05. The molecule has 0 aliphatic rings. The largest absolute Gasteiger partial charge is 0.435 e. The first-order valence-corrected chi connectivity index (χ1v) is 12.2. The van der Waals surface area contributed by atoms with Crippen LogP contribution in [0.4, 0.5) is 8.78 Å². The predicted octanol–water partition coefficient (Wildman–Crippen LogP) is 6.32. The van der Waals surface area contributed by atoms with E-state index in [0.717, 1.165) is 32.3 Å². The zero-order valence-electron chi connectivity index (χ0n) is 18.5. The van der Waals surface area contributed by atoms with Crippen LogP contribution in [0.1, 0.15) is 28.7 Å². The third-order valence-corrected chi connectivity index (χ3v) is 7.63. The number of hydrogen-bond donors (Lipinski definition) is 0. The maximum Gasteiger partial charge on any atom is 0.387 e. The van der Waals surface area contributed by atoms with Crippen LogP contribution in [-0.4, -0.2) is 36.8 Å². The summed E-state index contributed by atoms with van der Waals surface area (Å²) in [4.78, 5) is 14.2. The maximum absolute atomic E-state index is 13.4. The summed E-state index contributed by atoms with van der Waals surface area (Å²) in [5.41, 5.74) is 4.05. The number of alkyl halides is 2. The Morgan fingerprint density at radius 2 is 1.82 bits per heavy atom. The van der Waals surface area contributed by atoms with E-state index in [-0.39, 0.29) is 16.8 Å². The van der Waals surface area contributed by atoms with Crippen LogP contribution in [-0.2, 0) is 0 Å². The molecule has 34 heavy (non-hydrogen) atoms. The first-order valence-electron chi connectivity index (χ1n) is 10.5. The van der Waals surface area contributed by atoms with Gasteiger partial charge in [-0.15, -0.1) is 10.2 Å². The molecule has 0 fully saturated rings. The molecule has 0 N–H and O–H groups in total. The van der Waals surface area contributed by atoms with Gasteiger partial charge in [-0.25, -0.2) is 0 Å². The summed E-state index contributed by atoms with van der Waals surface area (Å²) in [6, 6.07) is 16.2. The molecule has 0 amide bonds. The lowest BCUT2D eigenvalue weighted by atomic mass is 10.1. The molecule has 0 spiro atoms. The summed E-state index contributed by atoms with van der Waals surface area (Å²) in [5.74, 6) is 0.0707. The zero-order chi connectivity index (χ0) is 24.0. The van der Waals surface area contributed by atoms with Crippen molar-refractivity contribution in [3.63, 3.8) is 0 Å². The summed E-state index contributed by atoms with van der Waals surface area (Å²) in [7, 11) is 0. The number of fused-ring (bicyclic) bond motifs is 3. The average Bonchev–Trinajstić information content (AvgIpc) is 3.46. The molecular weight excluding hydrogens is 478 g/mol. The van der Waals surface area contributed by atoms with Crippen LogP contribution in [0.3, 0.4) is 0 Å². The van der Waals surface area contributed by atoms with Crippen LogP contribution in [0, 0.1) is 13.8 Å². The molecule has 2 aromatic carbocycles. The van der Waals surface area contributed by atoms with E-state index in [4.69, 9.17) is 0 Å². The fraction of sp³-hybridized carbons (Fsp3) is 0.208. The van der Waals surface area contributed by atoms with Gasteiger partial charge in [-0.3, -0.25) is 9.20 Å². The number of hydrogen-bond acceptors (Lipinski definition) is 6. The number of thioether (sulfide) groups is 1. The van der Waals surface area contributed by atoms with Gasteiger partial charge in [-0.1, -0.05) is 35.2 Å². The SMILES string of the molecule is Cc1cc(C(=O)[C@@H](C)Sc2nnc3sc4ccccc4n23)c(C)n1-c1ccc(OC(F)F)cc1. The molecule has 0 bridgehead atoms. The fourth-order valence-corrected chi connectivity index (χ4v) is 6.00. The lowest BCUT2D eigenvalue weighted by molar-refractivity contribution is -0.0498. The van der Waals surface area contributed by atoms with Crippen LogP contribution >= 0.6 is 23.1 Å². The lowest BCUT2D eigenvalue weighted by Crippen LogP contribution is -2.15. The summed E-state index contributed by atoms with van der Waals surface area (Å²) < 4.78 is 34.3. The van der Waals surface area contributed by atoms with Gasteiger partial charge in [0, 0.05) is 22.6 Å². The highest BCUT2D eigenvalue weighted by Gasteiger charge is 2.25. The number of benzene rings is 2. The molecule has 10 heteroatoms. The minimum atomic E-state index is -2.87. The first kappa shape index (κ1) is 22.5. The van der Waals surface area contributed by atoms with Crippen molar-refractivity contribution in [2.75, 3.05) is 0 Å². The Morgan fingerprint density at radius 1 is 1.09 bits per heavy atom. The number of aromatic nitrogens is 4. The molecule has 0 saturated heterocycles. The second-order valence-corrected chi connectivity index (χ2v) is 10.1. The van der Waals surface area contributed by atoms with Gasteiger partial charge in [-0.2, -0.15) is 8.78 Å². The van der Waals surface area contributed by atoms with Crippen molar-refractivity contribution in [2.45, 2.75) is 37.8 Å². The van der Waals surface area contributed by atoms with E-state index in [1.165, 1.54) is 23.9 Å². The number of aryl methyl sites for hydroxylation is 1. The van der Waals surface area contributed by atoms with Crippen molar-refractivity contribution in [2.24, 2.45) is 0 Å². The molecule has 1 atom stereocenters. The Kier molecular flexibility index (Phi) is 5.86. The lowest BCUT2D eigenvalue weighted by Gasteiger charge is -2.12.